The fourth-order valence-electron chi connectivity index (χ4n) is 1.67. The largest absolute Gasteiger partial charge is 0.397 e. The van der Waals surface area contributed by atoms with E-state index in [0.717, 1.165) is 16.6 Å². The van der Waals surface area contributed by atoms with E-state index in [4.69, 9.17) is 17.3 Å². The van der Waals surface area contributed by atoms with Crippen LogP contribution in [0.15, 0.2) is 11.6 Å². The van der Waals surface area contributed by atoms with Crippen molar-refractivity contribution >= 4 is 44.7 Å². The predicted molar refractivity (Wildman–Crippen MR) is 78.6 cm³/mol. The van der Waals surface area contributed by atoms with Crippen LogP contribution in [0, 0.1) is 13.8 Å². The Balaban J connectivity index is 2.45. The molecule has 100 valence electrons. The molecule has 3 N–H and O–H groups in total. The number of hydrogen-bond donors (Lipinski definition) is 2. The summed E-state index contributed by atoms with van der Waals surface area (Å²) in [6, 6.07) is 0. The number of nitrogen functional groups attached to an aromatic ring is 1. The maximum atomic E-state index is 12.0. The van der Waals surface area contributed by atoms with Gasteiger partial charge in [0.25, 0.3) is 5.91 Å². The summed E-state index contributed by atoms with van der Waals surface area (Å²) in [6.07, 6.45) is 0. The molecule has 2 aromatic heterocycles. The van der Waals surface area contributed by atoms with E-state index >= 15 is 0 Å². The van der Waals surface area contributed by atoms with E-state index < -0.39 is 0 Å². The van der Waals surface area contributed by atoms with Crippen LogP contribution in [-0.2, 0) is 0 Å². The van der Waals surface area contributed by atoms with Crippen LogP contribution >= 0.6 is 22.9 Å². The lowest BCUT2D eigenvalue weighted by Gasteiger charge is -2.03. The molecule has 2 heterocycles. The topological polar surface area (TPSA) is 80.9 Å². The number of nitrogens with one attached hydrogen (secondary N) is 1. The maximum Gasteiger partial charge on any atom is 0.263 e. The van der Waals surface area contributed by atoms with Crippen molar-refractivity contribution in [3.05, 3.63) is 27.7 Å². The van der Waals surface area contributed by atoms with E-state index in [1.807, 2.05) is 13.8 Å². The first-order valence-electron chi connectivity index (χ1n) is 5.55. The number of fused-ring (bicyclic) bond motifs is 1. The Hall–Kier alpha value is -1.66. The first-order valence-corrected chi connectivity index (χ1v) is 6.74. The number of nitrogens with two attached hydrogens (primary N) is 1. The van der Waals surface area contributed by atoms with E-state index in [0.29, 0.717) is 20.4 Å². The predicted octanol–water partition coefficient (Wildman–Crippen LogP) is 2.37. The van der Waals surface area contributed by atoms with Crippen molar-refractivity contribution in [2.45, 2.75) is 13.8 Å². The Bertz CT molecular complexity index is 680. The summed E-state index contributed by atoms with van der Waals surface area (Å²) in [5, 5.41) is 11.9. The molecule has 0 aliphatic rings. The molecule has 5 nitrogen and oxygen atoms in total. The Kier molecular flexibility index (Phi) is 3.73. The van der Waals surface area contributed by atoms with Crippen LogP contribution in [0.5, 0.6) is 0 Å². The highest BCUT2D eigenvalue weighted by atomic mass is 35.5. The monoisotopic (exact) mass is 296 g/mol. The third-order valence-electron chi connectivity index (χ3n) is 2.78. The molecule has 0 unspecified atom stereocenters. The number of halogens is 1. The van der Waals surface area contributed by atoms with Crippen LogP contribution in [0.25, 0.3) is 10.2 Å². The van der Waals surface area contributed by atoms with Crippen LogP contribution in [-0.4, -0.2) is 22.6 Å². The number of rotatable bonds is 3. The molecule has 1 amide bonds. The average Bonchev–Trinajstić information content (AvgIpc) is 2.69. The van der Waals surface area contributed by atoms with Gasteiger partial charge < -0.3 is 11.1 Å². The number of anilines is 1. The number of thiophene rings is 1. The molecule has 2 rings (SSSR count). The standard InChI is InChI=1S/C12H13ClN4OS/c1-5(13)4-15-11(18)10-9(14)8-6(2)7(3)16-17-12(8)19-10/h1,4,14H2,2-3H3,(H,15,18). The van der Waals surface area contributed by atoms with Crippen molar-refractivity contribution in [2.24, 2.45) is 0 Å². The number of hydrogen-bond acceptors (Lipinski definition) is 5. The minimum Gasteiger partial charge on any atom is -0.397 e. The van der Waals surface area contributed by atoms with Gasteiger partial charge in [0, 0.05) is 10.4 Å². The number of carbonyl (C=O) groups excluding carboxylic acids is 1. The van der Waals surface area contributed by atoms with Gasteiger partial charge in [-0.15, -0.1) is 16.4 Å². The quantitative estimate of drug-likeness (QED) is 0.911. The van der Waals surface area contributed by atoms with Crippen molar-refractivity contribution in [2.75, 3.05) is 12.3 Å². The summed E-state index contributed by atoms with van der Waals surface area (Å²) in [6.45, 7) is 7.49. The van der Waals surface area contributed by atoms with Gasteiger partial charge >= 0.3 is 0 Å². The fourth-order valence-corrected chi connectivity index (χ4v) is 2.75. The Morgan fingerprint density at radius 1 is 1.47 bits per heavy atom. The summed E-state index contributed by atoms with van der Waals surface area (Å²) >= 11 is 6.84. The molecule has 0 saturated heterocycles. The molecular weight excluding hydrogens is 284 g/mol. The van der Waals surface area contributed by atoms with Gasteiger partial charge in [0.1, 0.15) is 9.71 Å². The Morgan fingerprint density at radius 3 is 2.79 bits per heavy atom. The molecule has 0 saturated carbocycles. The lowest BCUT2D eigenvalue weighted by Crippen LogP contribution is -2.24. The van der Waals surface area contributed by atoms with Crippen LogP contribution < -0.4 is 11.1 Å². The second kappa shape index (κ2) is 5.14. The van der Waals surface area contributed by atoms with Gasteiger partial charge in [-0.3, -0.25) is 4.79 Å². The molecule has 0 spiro atoms. The zero-order chi connectivity index (χ0) is 14.2. The number of aryl methyl sites for hydroxylation is 2. The molecule has 0 radical (unpaired) electrons. The zero-order valence-corrected chi connectivity index (χ0v) is 12.2. The average molecular weight is 297 g/mol. The number of aromatic nitrogens is 2. The lowest BCUT2D eigenvalue weighted by molar-refractivity contribution is 0.0962. The smallest absolute Gasteiger partial charge is 0.263 e. The maximum absolute atomic E-state index is 12.0. The molecule has 2 aromatic rings. The molecule has 0 aliphatic carbocycles. The highest BCUT2D eigenvalue weighted by molar-refractivity contribution is 7.21. The SMILES string of the molecule is C=C(Cl)CNC(=O)c1sc2nnc(C)c(C)c2c1N. The van der Waals surface area contributed by atoms with E-state index in [-0.39, 0.29) is 12.5 Å². The summed E-state index contributed by atoms with van der Waals surface area (Å²) in [4.78, 5) is 13.1. The molecule has 0 bridgehead atoms. The van der Waals surface area contributed by atoms with Crippen LogP contribution in [0.3, 0.4) is 0 Å². The molecule has 0 aromatic carbocycles. The third-order valence-corrected chi connectivity index (χ3v) is 4.00. The van der Waals surface area contributed by atoms with Gasteiger partial charge in [-0.1, -0.05) is 18.2 Å². The molecule has 19 heavy (non-hydrogen) atoms. The minimum absolute atomic E-state index is 0.206. The second-order valence-electron chi connectivity index (χ2n) is 4.14. The van der Waals surface area contributed by atoms with Crippen molar-refractivity contribution < 1.29 is 4.79 Å². The van der Waals surface area contributed by atoms with Crippen LogP contribution in [0.1, 0.15) is 20.9 Å². The van der Waals surface area contributed by atoms with Gasteiger partial charge in [0.15, 0.2) is 0 Å². The highest BCUT2D eigenvalue weighted by Gasteiger charge is 2.19. The van der Waals surface area contributed by atoms with Crippen molar-refractivity contribution in [1.29, 1.82) is 0 Å². The molecular formula is C12H13ClN4OS. The second-order valence-corrected chi connectivity index (χ2v) is 5.67. The van der Waals surface area contributed by atoms with Gasteiger partial charge in [0.2, 0.25) is 0 Å². The van der Waals surface area contributed by atoms with E-state index in [2.05, 4.69) is 22.1 Å². The third kappa shape index (κ3) is 2.54. The van der Waals surface area contributed by atoms with E-state index in [9.17, 15) is 4.79 Å². The molecule has 7 heteroatoms. The van der Waals surface area contributed by atoms with Crippen molar-refractivity contribution in [3.63, 3.8) is 0 Å². The lowest BCUT2D eigenvalue weighted by atomic mass is 10.1. The van der Waals surface area contributed by atoms with Gasteiger partial charge in [-0.25, -0.2) is 0 Å². The fraction of sp³-hybridized carbons (Fsp3) is 0.250. The van der Waals surface area contributed by atoms with Crippen molar-refractivity contribution in [3.8, 4) is 0 Å². The van der Waals surface area contributed by atoms with E-state index in [1.165, 1.54) is 11.3 Å². The Morgan fingerprint density at radius 2 is 2.16 bits per heavy atom. The van der Waals surface area contributed by atoms with E-state index in [1.54, 1.807) is 0 Å². The van der Waals surface area contributed by atoms with Crippen LogP contribution in [0.2, 0.25) is 0 Å². The molecule has 0 atom stereocenters. The molecule has 0 aliphatic heterocycles. The summed E-state index contributed by atoms with van der Waals surface area (Å²) in [5.74, 6) is -0.278. The highest BCUT2D eigenvalue weighted by Crippen LogP contribution is 2.34. The summed E-state index contributed by atoms with van der Waals surface area (Å²) in [7, 11) is 0. The minimum atomic E-state index is -0.278. The molecule has 0 fully saturated rings. The van der Waals surface area contributed by atoms with Gasteiger partial charge in [-0.2, -0.15) is 5.10 Å². The van der Waals surface area contributed by atoms with Crippen LogP contribution in [0.4, 0.5) is 5.69 Å². The number of carbonyl (C=O) groups is 1. The summed E-state index contributed by atoms with van der Waals surface area (Å²) in [5.41, 5.74) is 8.23. The first kappa shape index (κ1) is 13.8. The number of nitrogens with zero attached hydrogens (tertiary/aromatic N) is 2. The Labute approximate surface area is 119 Å². The van der Waals surface area contributed by atoms with Gasteiger partial charge in [-0.05, 0) is 19.4 Å². The number of amides is 1. The summed E-state index contributed by atoms with van der Waals surface area (Å²) < 4.78 is 0. The van der Waals surface area contributed by atoms with Crippen molar-refractivity contribution in [1.82, 2.24) is 15.5 Å². The zero-order valence-electron chi connectivity index (χ0n) is 10.6. The normalized spacial score (nSPS) is 10.7. The first-order chi connectivity index (χ1) is 8.91. The van der Waals surface area contributed by atoms with Gasteiger partial charge in [0.05, 0.1) is 17.9 Å².